The van der Waals surface area contributed by atoms with Crippen LogP contribution in [0.3, 0.4) is 0 Å². The molecule has 2 aromatic heterocycles. The summed E-state index contributed by atoms with van der Waals surface area (Å²) in [5.74, 6) is 0.949. The van der Waals surface area contributed by atoms with E-state index in [1.807, 2.05) is 0 Å². The maximum absolute atomic E-state index is 13.2. The Labute approximate surface area is 92.5 Å². The minimum Gasteiger partial charge on any atom is -0.316 e. The molecule has 0 spiro atoms. The lowest BCUT2D eigenvalue weighted by Gasteiger charge is -2.20. The molecular weight excluding hydrogens is 207 g/mol. The molecule has 0 aromatic carbocycles. The fourth-order valence-electron chi connectivity index (χ4n) is 2.23. The van der Waals surface area contributed by atoms with Crippen LogP contribution in [0.2, 0.25) is 0 Å². The summed E-state index contributed by atoms with van der Waals surface area (Å²) in [6.07, 6.45) is 3.68. The summed E-state index contributed by atoms with van der Waals surface area (Å²) in [5.41, 5.74) is 0.710. The number of fused-ring (bicyclic) bond motifs is 1. The Morgan fingerprint density at radius 1 is 1.38 bits per heavy atom. The normalized spacial score (nSPS) is 21.4. The monoisotopic (exact) mass is 220 g/mol. The van der Waals surface area contributed by atoms with E-state index in [0.717, 1.165) is 31.8 Å². The second kappa shape index (κ2) is 3.83. The van der Waals surface area contributed by atoms with E-state index in [-0.39, 0.29) is 5.82 Å². The van der Waals surface area contributed by atoms with Crippen LogP contribution >= 0.6 is 0 Å². The maximum atomic E-state index is 13.2. The van der Waals surface area contributed by atoms with Crippen molar-refractivity contribution in [3.05, 3.63) is 30.0 Å². The number of hydrogen-bond donors (Lipinski definition) is 1. The number of nitrogens with one attached hydrogen (secondary N) is 1. The van der Waals surface area contributed by atoms with Gasteiger partial charge in [-0.3, -0.25) is 4.40 Å². The maximum Gasteiger partial charge on any atom is 0.160 e. The first-order valence-electron chi connectivity index (χ1n) is 5.55. The second-order valence-electron chi connectivity index (χ2n) is 4.18. The van der Waals surface area contributed by atoms with E-state index in [1.54, 1.807) is 10.5 Å². The summed E-state index contributed by atoms with van der Waals surface area (Å²) in [6, 6.07) is 3.06. The molecule has 3 heterocycles. The summed E-state index contributed by atoms with van der Waals surface area (Å²) in [6.45, 7) is 1.96. The summed E-state index contributed by atoms with van der Waals surface area (Å²) in [5, 5.41) is 11.5. The van der Waals surface area contributed by atoms with Gasteiger partial charge in [0.2, 0.25) is 0 Å². The minimum absolute atomic E-state index is 0.252. The third kappa shape index (κ3) is 1.57. The predicted octanol–water partition coefficient (Wildman–Crippen LogP) is 1.34. The number of hydrogen-bond acceptors (Lipinski definition) is 3. The summed E-state index contributed by atoms with van der Waals surface area (Å²) in [4.78, 5) is 0. The zero-order valence-electron chi connectivity index (χ0n) is 8.86. The molecule has 1 atom stereocenters. The van der Waals surface area contributed by atoms with Crippen LogP contribution in [0.15, 0.2) is 18.3 Å². The zero-order valence-corrected chi connectivity index (χ0v) is 8.86. The van der Waals surface area contributed by atoms with Gasteiger partial charge in [0, 0.05) is 18.7 Å². The molecule has 3 rings (SSSR count). The van der Waals surface area contributed by atoms with Crippen molar-refractivity contribution in [1.29, 1.82) is 0 Å². The molecule has 4 nitrogen and oxygen atoms in total. The van der Waals surface area contributed by atoms with E-state index in [2.05, 4.69) is 15.5 Å². The van der Waals surface area contributed by atoms with E-state index in [1.165, 1.54) is 12.3 Å². The molecule has 1 N–H and O–H groups in total. The van der Waals surface area contributed by atoms with Crippen LogP contribution in [0.25, 0.3) is 5.65 Å². The number of pyridine rings is 1. The van der Waals surface area contributed by atoms with Crippen molar-refractivity contribution < 1.29 is 4.39 Å². The lowest BCUT2D eigenvalue weighted by molar-refractivity contribution is 0.443. The Morgan fingerprint density at radius 3 is 3.12 bits per heavy atom. The number of piperidine rings is 1. The largest absolute Gasteiger partial charge is 0.316 e. The SMILES string of the molecule is Fc1ccc2nnc([C@H]3CCCNC3)n2c1. The van der Waals surface area contributed by atoms with Gasteiger partial charge in [-0.15, -0.1) is 10.2 Å². The van der Waals surface area contributed by atoms with Gasteiger partial charge in [0.15, 0.2) is 5.65 Å². The topological polar surface area (TPSA) is 42.2 Å². The van der Waals surface area contributed by atoms with Gasteiger partial charge in [-0.2, -0.15) is 0 Å². The first-order chi connectivity index (χ1) is 7.84. The lowest BCUT2D eigenvalue weighted by Crippen LogP contribution is -2.29. The van der Waals surface area contributed by atoms with E-state index >= 15 is 0 Å². The molecule has 0 aliphatic carbocycles. The van der Waals surface area contributed by atoms with Gasteiger partial charge in [-0.25, -0.2) is 4.39 Å². The Bertz CT molecular complexity index is 502. The van der Waals surface area contributed by atoms with Crippen molar-refractivity contribution >= 4 is 5.65 Å². The molecule has 2 aromatic rings. The number of rotatable bonds is 1. The van der Waals surface area contributed by atoms with Gasteiger partial charge in [-0.05, 0) is 31.5 Å². The van der Waals surface area contributed by atoms with Crippen LogP contribution in [0.4, 0.5) is 4.39 Å². The number of aromatic nitrogens is 3. The van der Waals surface area contributed by atoms with Gasteiger partial charge in [-0.1, -0.05) is 0 Å². The van der Waals surface area contributed by atoms with Crippen molar-refractivity contribution in [2.24, 2.45) is 0 Å². The molecule has 1 aliphatic rings. The highest BCUT2D eigenvalue weighted by Crippen LogP contribution is 2.22. The van der Waals surface area contributed by atoms with Gasteiger partial charge in [0.1, 0.15) is 11.6 Å². The first-order valence-corrected chi connectivity index (χ1v) is 5.55. The van der Waals surface area contributed by atoms with Crippen molar-refractivity contribution in [2.75, 3.05) is 13.1 Å². The molecule has 0 radical (unpaired) electrons. The fraction of sp³-hybridized carbons (Fsp3) is 0.455. The molecule has 0 bridgehead atoms. The summed E-state index contributed by atoms with van der Waals surface area (Å²) >= 11 is 0. The Morgan fingerprint density at radius 2 is 2.31 bits per heavy atom. The Hall–Kier alpha value is -1.49. The molecule has 0 unspecified atom stereocenters. The van der Waals surface area contributed by atoms with Crippen LogP contribution < -0.4 is 5.32 Å². The molecule has 0 saturated carbocycles. The number of nitrogens with zero attached hydrogens (tertiary/aromatic N) is 3. The average molecular weight is 220 g/mol. The summed E-state index contributed by atoms with van der Waals surface area (Å²) in [7, 11) is 0. The highest BCUT2D eigenvalue weighted by molar-refractivity contribution is 5.38. The van der Waals surface area contributed by atoms with Crippen LogP contribution in [-0.2, 0) is 0 Å². The highest BCUT2D eigenvalue weighted by Gasteiger charge is 2.20. The lowest BCUT2D eigenvalue weighted by atomic mass is 9.99. The van der Waals surface area contributed by atoms with Gasteiger partial charge < -0.3 is 5.32 Å². The van der Waals surface area contributed by atoms with Crippen LogP contribution in [0.1, 0.15) is 24.6 Å². The van der Waals surface area contributed by atoms with Crippen molar-refractivity contribution in [3.8, 4) is 0 Å². The molecule has 1 aliphatic heterocycles. The third-order valence-corrected chi connectivity index (χ3v) is 3.05. The third-order valence-electron chi connectivity index (χ3n) is 3.05. The molecule has 1 fully saturated rings. The first kappa shape index (κ1) is 9.72. The Kier molecular flexibility index (Phi) is 2.32. The highest BCUT2D eigenvalue weighted by atomic mass is 19.1. The second-order valence-corrected chi connectivity index (χ2v) is 4.18. The van der Waals surface area contributed by atoms with Crippen molar-refractivity contribution in [3.63, 3.8) is 0 Å². The number of halogens is 1. The molecular formula is C11H13FN4. The van der Waals surface area contributed by atoms with Gasteiger partial charge in [0.05, 0.1) is 0 Å². The van der Waals surface area contributed by atoms with Gasteiger partial charge >= 0.3 is 0 Å². The molecule has 0 amide bonds. The summed E-state index contributed by atoms with van der Waals surface area (Å²) < 4.78 is 14.9. The Balaban J connectivity index is 2.05. The molecule has 84 valence electrons. The van der Waals surface area contributed by atoms with Crippen LogP contribution in [0, 0.1) is 5.82 Å². The molecule has 1 saturated heterocycles. The van der Waals surface area contributed by atoms with E-state index in [0.29, 0.717) is 11.6 Å². The minimum atomic E-state index is -0.252. The average Bonchev–Trinajstić information content (AvgIpc) is 2.73. The van der Waals surface area contributed by atoms with E-state index in [9.17, 15) is 4.39 Å². The van der Waals surface area contributed by atoms with Crippen molar-refractivity contribution in [1.82, 2.24) is 19.9 Å². The zero-order chi connectivity index (χ0) is 11.0. The quantitative estimate of drug-likeness (QED) is 0.788. The smallest absolute Gasteiger partial charge is 0.160 e. The predicted molar refractivity (Wildman–Crippen MR) is 57.8 cm³/mol. The van der Waals surface area contributed by atoms with E-state index < -0.39 is 0 Å². The van der Waals surface area contributed by atoms with E-state index in [4.69, 9.17) is 0 Å². The van der Waals surface area contributed by atoms with Crippen LogP contribution in [0.5, 0.6) is 0 Å². The molecule has 5 heteroatoms. The van der Waals surface area contributed by atoms with Crippen LogP contribution in [-0.4, -0.2) is 27.7 Å². The van der Waals surface area contributed by atoms with Crippen molar-refractivity contribution in [2.45, 2.75) is 18.8 Å². The molecule has 16 heavy (non-hydrogen) atoms. The fourth-order valence-corrected chi connectivity index (χ4v) is 2.23. The standard InChI is InChI=1S/C11H13FN4/c12-9-3-4-10-14-15-11(16(10)7-9)8-2-1-5-13-6-8/h3-4,7-8,13H,1-2,5-6H2/t8-/m0/s1. The van der Waals surface area contributed by atoms with Gasteiger partial charge in [0.25, 0.3) is 0 Å².